The van der Waals surface area contributed by atoms with Crippen molar-refractivity contribution in [1.29, 1.82) is 0 Å². The zero-order valence-electron chi connectivity index (χ0n) is 10.6. The normalized spacial score (nSPS) is 10.8. The third kappa shape index (κ3) is 3.15. The van der Waals surface area contributed by atoms with Crippen molar-refractivity contribution in [2.45, 2.75) is 6.42 Å². The molecular weight excluding hydrogens is 396 g/mol. The van der Waals surface area contributed by atoms with Crippen LogP contribution in [0.15, 0.2) is 18.2 Å². The summed E-state index contributed by atoms with van der Waals surface area (Å²) in [6, 6.07) is 4.02. The summed E-state index contributed by atoms with van der Waals surface area (Å²) >= 11 is 30.2. The minimum absolute atomic E-state index is 0.0293. The molecule has 0 atom stereocenters. The molecule has 2 nitrogen and oxygen atoms in total. The van der Waals surface area contributed by atoms with Crippen LogP contribution in [0.3, 0.4) is 0 Å². The molecule has 0 bridgehead atoms. The van der Waals surface area contributed by atoms with E-state index in [1.165, 1.54) is 12.1 Å². The summed E-state index contributed by atoms with van der Waals surface area (Å²) < 4.78 is 14.0. The fraction of sp³-hybridized carbons (Fsp3) is 0.0714. The van der Waals surface area contributed by atoms with Crippen LogP contribution in [0.25, 0.3) is 11.1 Å². The lowest BCUT2D eigenvalue weighted by atomic mass is 9.97. The van der Waals surface area contributed by atoms with Crippen LogP contribution < -0.4 is 0 Å². The largest absolute Gasteiger partial charge is 0.481 e. The number of hydrogen-bond donors (Lipinski definition) is 1. The third-order valence-corrected chi connectivity index (χ3v) is 5.20. The van der Waals surface area contributed by atoms with E-state index in [0.29, 0.717) is 0 Å². The summed E-state index contributed by atoms with van der Waals surface area (Å²) in [6.07, 6.45) is -0.549. The van der Waals surface area contributed by atoms with Crippen molar-refractivity contribution in [2.24, 2.45) is 0 Å². The van der Waals surface area contributed by atoms with Crippen LogP contribution in [0.5, 0.6) is 0 Å². The molecule has 2 aromatic rings. The zero-order valence-corrected chi connectivity index (χ0v) is 14.3. The molecule has 0 heterocycles. The number of benzene rings is 2. The van der Waals surface area contributed by atoms with Gasteiger partial charge in [0.1, 0.15) is 5.82 Å². The Morgan fingerprint density at radius 3 is 1.95 bits per heavy atom. The Morgan fingerprint density at radius 2 is 1.45 bits per heavy atom. The fourth-order valence-electron chi connectivity index (χ4n) is 1.97. The molecule has 0 saturated carbocycles. The third-order valence-electron chi connectivity index (χ3n) is 2.93. The zero-order chi connectivity index (χ0) is 16.6. The van der Waals surface area contributed by atoms with Gasteiger partial charge in [0.2, 0.25) is 0 Å². The summed E-state index contributed by atoms with van der Waals surface area (Å²) in [6.45, 7) is 0. The molecule has 0 aliphatic carbocycles. The minimum Gasteiger partial charge on any atom is -0.481 e. The highest BCUT2D eigenvalue weighted by Crippen LogP contribution is 2.49. The maximum Gasteiger partial charge on any atom is 0.307 e. The van der Waals surface area contributed by atoms with Gasteiger partial charge in [0, 0.05) is 11.1 Å². The van der Waals surface area contributed by atoms with Gasteiger partial charge in [0.25, 0.3) is 0 Å². The van der Waals surface area contributed by atoms with E-state index in [1.54, 1.807) is 0 Å². The molecule has 0 unspecified atom stereocenters. The quantitative estimate of drug-likeness (QED) is 0.477. The van der Waals surface area contributed by atoms with E-state index < -0.39 is 18.2 Å². The van der Waals surface area contributed by atoms with Gasteiger partial charge < -0.3 is 5.11 Å². The number of halogens is 6. The van der Waals surface area contributed by atoms with E-state index in [-0.39, 0.29) is 41.8 Å². The summed E-state index contributed by atoms with van der Waals surface area (Å²) in [5, 5.41) is 8.77. The molecule has 2 rings (SSSR count). The SMILES string of the molecule is O=C(O)Cc1c(F)cccc1-c1c(Cl)c(Cl)c(Cl)c(Cl)c1Cl. The Morgan fingerprint density at radius 1 is 0.955 bits per heavy atom. The molecule has 0 saturated heterocycles. The van der Waals surface area contributed by atoms with E-state index >= 15 is 0 Å². The van der Waals surface area contributed by atoms with Crippen LogP contribution in [0, 0.1) is 5.82 Å². The molecule has 0 aliphatic heterocycles. The topological polar surface area (TPSA) is 37.3 Å². The predicted octanol–water partition coefficient (Wildman–Crippen LogP) is 6.39. The molecule has 0 radical (unpaired) electrons. The van der Waals surface area contributed by atoms with Crippen molar-refractivity contribution in [3.05, 3.63) is 54.7 Å². The maximum atomic E-state index is 14.0. The number of carboxylic acids is 1. The molecule has 0 fully saturated rings. The van der Waals surface area contributed by atoms with Gasteiger partial charge in [-0.2, -0.15) is 0 Å². The molecule has 2 aromatic carbocycles. The summed E-state index contributed by atoms with van der Waals surface area (Å²) in [5.41, 5.74) is 0.254. The van der Waals surface area contributed by atoms with Gasteiger partial charge in [-0.15, -0.1) is 0 Å². The highest BCUT2D eigenvalue weighted by Gasteiger charge is 2.23. The van der Waals surface area contributed by atoms with Crippen LogP contribution in [-0.4, -0.2) is 11.1 Å². The van der Waals surface area contributed by atoms with E-state index in [4.69, 9.17) is 63.1 Å². The lowest BCUT2D eigenvalue weighted by Crippen LogP contribution is -2.05. The number of carboxylic acid groups (broad SMARTS) is 1. The second-order valence-electron chi connectivity index (χ2n) is 4.28. The molecule has 1 N–H and O–H groups in total. The van der Waals surface area contributed by atoms with Crippen molar-refractivity contribution in [1.82, 2.24) is 0 Å². The average molecular weight is 402 g/mol. The van der Waals surface area contributed by atoms with Gasteiger partial charge in [-0.3, -0.25) is 4.79 Å². The van der Waals surface area contributed by atoms with Crippen LogP contribution >= 0.6 is 58.0 Å². The Hall–Kier alpha value is -0.710. The van der Waals surface area contributed by atoms with Crippen molar-refractivity contribution in [3.63, 3.8) is 0 Å². The van der Waals surface area contributed by atoms with Crippen molar-refractivity contribution in [2.75, 3.05) is 0 Å². The van der Waals surface area contributed by atoms with Crippen LogP contribution in [0.4, 0.5) is 4.39 Å². The molecule has 8 heteroatoms. The van der Waals surface area contributed by atoms with E-state index in [1.807, 2.05) is 0 Å². The van der Waals surface area contributed by atoms with Crippen molar-refractivity contribution < 1.29 is 14.3 Å². The van der Waals surface area contributed by atoms with Gasteiger partial charge in [0.05, 0.1) is 31.5 Å². The lowest BCUT2D eigenvalue weighted by molar-refractivity contribution is -0.136. The molecule has 22 heavy (non-hydrogen) atoms. The summed E-state index contributed by atoms with van der Waals surface area (Å²) in [4.78, 5) is 11.0. The summed E-state index contributed by atoms with van der Waals surface area (Å²) in [7, 11) is 0. The van der Waals surface area contributed by atoms with E-state index in [2.05, 4.69) is 0 Å². The second kappa shape index (κ2) is 6.81. The van der Waals surface area contributed by atoms with E-state index in [9.17, 15) is 9.18 Å². The first-order valence-electron chi connectivity index (χ1n) is 5.76. The first kappa shape index (κ1) is 17.6. The second-order valence-corrected chi connectivity index (χ2v) is 6.17. The molecule has 0 aliphatic rings. The highest BCUT2D eigenvalue weighted by molar-refractivity contribution is 6.56. The van der Waals surface area contributed by atoms with Crippen LogP contribution in [-0.2, 0) is 11.2 Å². The molecular formula is C14H6Cl5FO2. The lowest BCUT2D eigenvalue weighted by Gasteiger charge is -2.15. The highest BCUT2D eigenvalue weighted by atomic mass is 35.5. The minimum atomic E-state index is -1.20. The van der Waals surface area contributed by atoms with Gasteiger partial charge in [-0.25, -0.2) is 4.39 Å². The fourth-order valence-corrected chi connectivity index (χ4v) is 3.31. The number of aliphatic carboxylic acids is 1. The standard InChI is InChI=1S/C14H6Cl5FO2/c15-10-9(11(16)13(18)14(19)12(10)17)5-2-1-3-7(20)6(5)4-8(21)22/h1-3H,4H2,(H,21,22). The Kier molecular flexibility index (Phi) is 5.46. The molecule has 116 valence electrons. The smallest absolute Gasteiger partial charge is 0.307 e. The van der Waals surface area contributed by atoms with Gasteiger partial charge >= 0.3 is 5.97 Å². The monoisotopic (exact) mass is 400 g/mol. The average Bonchev–Trinajstić information content (AvgIpc) is 2.46. The van der Waals surface area contributed by atoms with Crippen molar-refractivity contribution >= 4 is 64.0 Å². The first-order valence-corrected chi connectivity index (χ1v) is 7.65. The van der Waals surface area contributed by atoms with Gasteiger partial charge in [-0.05, 0) is 11.6 Å². The van der Waals surface area contributed by atoms with Gasteiger partial charge in [-0.1, -0.05) is 70.1 Å². The number of hydrogen-bond acceptors (Lipinski definition) is 1. The first-order chi connectivity index (χ1) is 10.3. The maximum absolute atomic E-state index is 14.0. The Labute approximate surface area is 150 Å². The number of rotatable bonds is 3. The predicted molar refractivity (Wildman–Crippen MR) is 88.2 cm³/mol. The molecule has 0 spiro atoms. The van der Waals surface area contributed by atoms with Gasteiger partial charge in [0.15, 0.2) is 0 Å². The molecule has 0 aromatic heterocycles. The number of carbonyl (C=O) groups is 1. The van der Waals surface area contributed by atoms with Crippen LogP contribution in [0.1, 0.15) is 5.56 Å². The Bertz CT molecular complexity index is 747. The molecule has 0 amide bonds. The van der Waals surface area contributed by atoms with Crippen molar-refractivity contribution in [3.8, 4) is 11.1 Å². The Balaban J connectivity index is 2.84. The van der Waals surface area contributed by atoms with E-state index in [0.717, 1.165) is 6.07 Å². The van der Waals surface area contributed by atoms with Crippen LogP contribution in [0.2, 0.25) is 25.1 Å². The summed E-state index contributed by atoms with van der Waals surface area (Å²) in [5.74, 6) is -1.90.